The van der Waals surface area contributed by atoms with Gasteiger partial charge in [-0.15, -0.1) is 11.5 Å². The third-order valence-corrected chi connectivity index (χ3v) is 2.37. The van der Waals surface area contributed by atoms with E-state index in [1.54, 1.807) is 0 Å². The lowest BCUT2D eigenvalue weighted by molar-refractivity contribution is -0.115. The Kier molecular flexibility index (Phi) is 9.85. The van der Waals surface area contributed by atoms with Crippen LogP contribution >= 0.6 is 0 Å². The van der Waals surface area contributed by atoms with Crippen LogP contribution in [-0.2, 0) is 9.59 Å². The van der Waals surface area contributed by atoms with Crippen molar-refractivity contribution in [2.45, 2.75) is 44.9 Å². The molecule has 0 spiro atoms. The minimum Gasteiger partial charge on any atom is -0.294 e. The largest absolute Gasteiger partial charge is 0.294 e. The Morgan fingerprint density at radius 2 is 1.12 bits per heavy atom. The second-order valence-corrected chi connectivity index (χ2v) is 3.90. The van der Waals surface area contributed by atoms with E-state index in [1.165, 1.54) is 12.2 Å². The van der Waals surface area contributed by atoms with Crippen LogP contribution in [0.5, 0.6) is 0 Å². The lowest BCUT2D eigenvalue weighted by Crippen LogP contribution is -1.93. The summed E-state index contributed by atoms with van der Waals surface area (Å²) in [6.07, 6.45) is 8.84. The summed E-state index contributed by atoms with van der Waals surface area (Å²) >= 11 is 0. The maximum Gasteiger partial charge on any atom is 0.163 e. The molecule has 0 saturated carbocycles. The third-order valence-electron chi connectivity index (χ3n) is 2.37. The standard InChI is InChI=1S/C15H20O2/c1-3-10-14(16)12-8-6-5-7-9-13-15(17)11-4-2/h10-11H,1-2,5-9,12-13H2. The number of ketones is 2. The van der Waals surface area contributed by atoms with Crippen LogP contribution in [0, 0.1) is 0 Å². The molecule has 2 heteroatoms. The summed E-state index contributed by atoms with van der Waals surface area (Å²) in [7, 11) is 0. The molecule has 0 aromatic heterocycles. The number of unbranched alkanes of at least 4 members (excludes halogenated alkanes) is 4. The summed E-state index contributed by atoms with van der Waals surface area (Å²) in [5.41, 5.74) is 4.95. The second kappa shape index (κ2) is 10.9. The second-order valence-electron chi connectivity index (χ2n) is 3.90. The van der Waals surface area contributed by atoms with E-state index in [1.807, 2.05) is 0 Å². The zero-order valence-corrected chi connectivity index (χ0v) is 10.3. The molecule has 0 unspecified atom stereocenters. The third kappa shape index (κ3) is 10.7. The fraction of sp³-hybridized carbons (Fsp3) is 0.467. The Morgan fingerprint density at radius 3 is 1.47 bits per heavy atom. The molecule has 92 valence electrons. The van der Waals surface area contributed by atoms with Crippen molar-refractivity contribution in [2.24, 2.45) is 0 Å². The lowest BCUT2D eigenvalue weighted by atomic mass is 10.1. The van der Waals surface area contributed by atoms with Crippen LogP contribution in [0.1, 0.15) is 44.9 Å². The van der Waals surface area contributed by atoms with Crippen molar-refractivity contribution in [3.63, 3.8) is 0 Å². The molecule has 0 radical (unpaired) electrons. The molecule has 0 aliphatic heterocycles. The van der Waals surface area contributed by atoms with Gasteiger partial charge >= 0.3 is 0 Å². The molecule has 0 amide bonds. The van der Waals surface area contributed by atoms with E-state index in [4.69, 9.17) is 0 Å². The number of carbonyl (C=O) groups excluding carboxylic acids is 2. The molecule has 0 atom stereocenters. The van der Waals surface area contributed by atoms with E-state index < -0.39 is 0 Å². The summed E-state index contributed by atoms with van der Waals surface area (Å²) < 4.78 is 0. The van der Waals surface area contributed by atoms with Crippen LogP contribution in [0.25, 0.3) is 0 Å². The number of allylic oxidation sites excluding steroid dienone is 2. The maximum absolute atomic E-state index is 11.1. The zero-order chi connectivity index (χ0) is 12.9. The van der Waals surface area contributed by atoms with E-state index in [2.05, 4.69) is 24.6 Å². The minimum absolute atomic E-state index is 0.0892. The molecule has 0 N–H and O–H groups in total. The summed E-state index contributed by atoms with van der Waals surface area (Å²) in [6, 6.07) is 0. The number of carbonyl (C=O) groups is 2. The van der Waals surface area contributed by atoms with E-state index in [9.17, 15) is 9.59 Å². The Labute approximate surface area is 103 Å². The Balaban J connectivity index is 3.35. The van der Waals surface area contributed by atoms with Crippen molar-refractivity contribution in [3.8, 4) is 0 Å². The molecular formula is C15H20O2. The number of hydrogen-bond acceptors (Lipinski definition) is 2. The molecule has 0 aliphatic carbocycles. The van der Waals surface area contributed by atoms with Crippen molar-refractivity contribution < 1.29 is 9.59 Å². The molecular weight excluding hydrogens is 212 g/mol. The molecule has 0 saturated heterocycles. The normalized spacial score (nSPS) is 8.94. The minimum atomic E-state index is 0.0892. The van der Waals surface area contributed by atoms with Gasteiger partial charge in [0.1, 0.15) is 0 Å². The first-order valence-electron chi connectivity index (χ1n) is 5.98. The first-order valence-corrected chi connectivity index (χ1v) is 5.98. The molecule has 0 rings (SSSR count). The molecule has 0 fully saturated rings. The Morgan fingerprint density at radius 1 is 0.765 bits per heavy atom. The fourth-order valence-electron chi connectivity index (χ4n) is 1.50. The summed E-state index contributed by atoms with van der Waals surface area (Å²) in [5.74, 6) is 0.178. The molecule has 0 aliphatic rings. The van der Waals surface area contributed by atoms with E-state index >= 15 is 0 Å². The van der Waals surface area contributed by atoms with Crippen molar-refractivity contribution >= 4 is 11.6 Å². The van der Waals surface area contributed by atoms with Crippen LogP contribution in [0.4, 0.5) is 0 Å². The topological polar surface area (TPSA) is 34.1 Å². The zero-order valence-electron chi connectivity index (χ0n) is 10.3. The fourth-order valence-corrected chi connectivity index (χ4v) is 1.50. The van der Waals surface area contributed by atoms with Crippen molar-refractivity contribution in [1.82, 2.24) is 0 Å². The summed E-state index contributed by atoms with van der Waals surface area (Å²) in [4.78, 5) is 22.1. The van der Waals surface area contributed by atoms with Gasteiger partial charge in [-0.05, 0) is 12.8 Å². The van der Waals surface area contributed by atoms with Crippen molar-refractivity contribution in [3.05, 3.63) is 36.8 Å². The highest BCUT2D eigenvalue weighted by atomic mass is 16.1. The SMILES string of the molecule is C=C=CC(=O)CCCCCCCC(=O)C=C=C. The lowest BCUT2D eigenvalue weighted by Gasteiger charge is -1.99. The van der Waals surface area contributed by atoms with Gasteiger partial charge in [0.2, 0.25) is 0 Å². The summed E-state index contributed by atoms with van der Waals surface area (Å²) in [6.45, 7) is 6.71. The van der Waals surface area contributed by atoms with E-state index in [-0.39, 0.29) is 11.6 Å². The van der Waals surface area contributed by atoms with Gasteiger partial charge in [0, 0.05) is 25.0 Å². The first-order chi connectivity index (χ1) is 8.20. The average Bonchev–Trinajstić information content (AvgIpc) is 2.28. The predicted octanol–water partition coefficient (Wildman–Crippen LogP) is 3.54. The van der Waals surface area contributed by atoms with Gasteiger partial charge in [-0.2, -0.15) is 0 Å². The summed E-state index contributed by atoms with van der Waals surface area (Å²) in [5, 5.41) is 0. The number of rotatable bonds is 10. The quantitative estimate of drug-likeness (QED) is 0.328. The van der Waals surface area contributed by atoms with Gasteiger partial charge in [-0.25, -0.2) is 0 Å². The van der Waals surface area contributed by atoms with Crippen molar-refractivity contribution in [1.29, 1.82) is 0 Å². The number of hydrogen-bond donors (Lipinski definition) is 0. The molecule has 17 heavy (non-hydrogen) atoms. The monoisotopic (exact) mass is 232 g/mol. The van der Waals surface area contributed by atoms with Crippen LogP contribution in [0.3, 0.4) is 0 Å². The van der Waals surface area contributed by atoms with Gasteiger partial charge in [-0.1, -0.05) is 32.4 Å². The highest BCUT2D eigenvalue weighted by molar-refractivity contribution is 5.89. The Hall–Kier alpha value is -1.62. The highest BCUT2D eigenvalue weighted by Gasteiger charge is 1.98. The molecule has 0 heterocycles. The van der Waals surface area contributed by atoms with Gasteiger partial charge < -0.3 is 0 Å². The van der Waals surface area contributed by atoms with Crippen LogP contribution in [0.2, 0.25) is 0 Å². The average molecular weight is 232 g/mol. The smallest absolute Gasteiger partial charge is 0.163 e. The van der Waals surface area contributed by atoms with Gasteiger partial charge in [0.25, 0.3) is 0 Å². The van der Waals surface area contributed by atoms with E-state index in [0.29, 0.717) is 12.8 Å². The van der Waals surface area contributed by atoms with Gasteiger partial charge in [0.05, 0.1) is 0 Å². The predicted molar refractivity (Wildman–Crippen MR) is 69.8 cm³/mol. The van der Waals surface area contributed by atoms with Crippen molar-refractivity contribution in [2.75, 3.05) is 0 Å². The maximum atomic E-state index is 11.1. The Bertz CT molecular complexity index is 306. The van der Waals surface area contributed by atoms with Crippen LogP contribution < -0.4 is 0 Å². The van der Waals surface area contributed by atoms with Gasteiger partial charge in [0.15, 0.2) is 11.6 Å². The van der Waals surface area contributed by atoms with Crippen LogP contribution in [-0.4, -0.2) is 11.6 Å². The first kappa shape index (κ1) is 15.4. The van der Waals surface area contributed by atoms with Gasteiger partial charge in [-0.3, -0.25) is 9.59 Å². The highest BCUT2D eigenvalue weighted by Crippen LogP contribution is 2.08. The van der Waals surface area contributed by atoms with E-state index in [0.717, 1.165) is 32.1 Å². The molecule has 0 bridgehead atoms. The molecule has 0 aromatic carbocycles. The van der Waals surface area contributed by atoms with Crippen LogP contribution in [0.15, 0.2) is 36.8 Å². The molecule has 0 aromatic rings. The molecule has 2 nitrogen and oxygen atoms in total.